The Bertz CT molecular complexity index is 1000. The lowest BCUT2D eigenvalue weighted by atomic mass is 10.2. The van der Waals surface area contributed by atoms with Crippen molar-refractivity contribution in [3.05, 3.63) is 59.9 Å². The molecule has 188 valence electrons. The summed E-state index contributed by atoms with van der Waals surface area (Å²) < 4.78 is 2.19. The molecular weight excluding hydrogens is 454 g/mol. The quantitative estimate of drug-likeness (QED) is 0.431. The molecule has 0 atom stereocenters. The normalized spacial score (nSPS) is 18.1. The van der Waals surface area contributed by atoms with Crippen molar-refractivity contribution in [2.45, 2.75) is 45.2 Å². The lowest BCUT2D eigenvalue weighted by Gasteiger charge is -2.34. The van der Waals surface area contributed by atoms with Gasteiger partial charge in [0.25, 0.3) is 0 Å². The van der Waals surface area contributed by atoms with Gasteiger partial charge in [-0.3, -0.25) is 9.47 Å². The molecule has 3 aromatic rings. The van der Waals surface area contributed by atoms with Crippen LogP contribution < -0.4 is 10.2 Å². The van der Waals surface area contributed by atoms with Gasteiger partial charge in [0.15, 0.2) is 0 Å². The van der Waals surface area contributed by atoms with Crippen molar-refractivity contribution in [2.75, 3.05) is 57.3 Å². The van der Waals surface area contributed by atoms with Crippen molar-refractivity contribution in [1.82, 2.24) is 29.9 Å². The maximum atomic E-state index is 4.54. The molecule has 0 saturated carbocycles. The first-order valence-corrected chi connectivity index (χ1v) is 14.1. The Labute approximate surface area is 213 Å². The highest BCUT2D eigenvalue weighted by molar-refractivity contribution is 7.17. The van der Waals surface area contributed by atoms with E-state index in [0.29, 0.717) is 0 Å². The molecule has 2 aliphatic heterocycles. The van der Waals surface area contributed by atoms with Gasteiger partial charge in [-0.1, -0.05) is 54.5 Å². The van der Waals surface area contributed by atoms with Crippen molar-refractivity contribution in [2.24, 2.45) is 0 Å². The standard InChI is InChI=1S/C27H39N7S/c1-2-7-15-31(14-6-1)16-9-13-28-22-25-12-8-17-34(25)27-30-29-26(35-27)33-20-18-32(19-21-33)23-24-10-4-3-5-11-24/h3-5,8,10-12,17,28H,1-2,6-7,9,13-16,18-23H2. The molecular formula is C27H39N7S. The van der Waals surface area contributed by atoms with E-state index in [2.05, 4.69) is 83.4 Å². The fraction of sp³-hybridized carbons (Fsp3) is 0.556. The molecule has 2 aromatic heterocycles. The Balaban J connectivity index is 1.07. The van der Waals surface area contributed by atoms with Crippen LogP contribution in [-0.4, -0.2) is 76.9 Å². The van der Waals surface area contributed by atoms with Crippen LogP contribution in [0.1, 0.15) is 43.4 Å². The minimum absolute atomic E-state index is 0.861. The van der Waals surface area contributed by atoms with Gasteiger partial charge in [-0.25, -0.2) is 0 Å². The number of hydrogen-bond acceptors (Lipinski definition) is 7. The summed E-state index contributed by atoms with van der Waals surface area (Å²) in [6, 6.07) is 15.0. The Morgan fingerprint density at radius 3 is 2.34 bits per heavy atom. The van der Waals surface area contributed by atoms with Crippen molar-refractivity contribution in [3.8, 4) is 5.13 Å². The third-order valence-electron chi connectivity index (χ3n) is 7.17. The highest BCUT2D eigenvalue weighted by Gasteiger charge is 2.21. The van der Waals surface area contributed by atoms with E-state index in [4.69, 9.17) is 0 Å². The second-order valence-electron chi connectivity index (χ2n) is 9.77. The largest absolute Gasteiger partial charge is 0.344 e. The number of aromatic nitrogens is 3. The van der Waals surface area contributed by atoms with Crippen molar-refractivity contribution < 1.29 is 0 Å². The number of nitrogens with zero attached hydrogens (tertiary/aromatic N) is 6. The number of anilines is 1. The van der Waals surface area contributed by atoms with Crippen molar-refractivity contribution in [3.63, 3.8) is 0 Å². The summed E-state index contributed by atoms with van der Waals surface area (Å²) in [5, 5.41) is 14.7. The van der Waals surface area contributed by atoms with Gasteiger partial charge < -0.3 is 15.1 Å². The van der Waals surface area contributed by atoms with Crippen LogP contribution in [0.4, 0.5) is 5.13 Å². The van der Waals surface area contributed by atoms with Gasteiger partial charge in [0, 0.05) is 51.2 Å². The first-order chi connectivity index (χ1) is 17.3. The molecule has 0 bridgehead atoms. The molecule has 1 aromatic carbocycles. The molecule has 2 fully saturated rings. The number of benzene rings is 1. The zero-order chi connectivity index (χ0) is 23.7. The topological polar surface area (TPSA) is 52.5 Å². The summed E-state index contributed by atoms with van der Waals surface area (Å²) in [4.78, 5) is 7.55. The molecule has 0 spiro atoms. The van der Waals surface area contributed by atoms with Crippen molar-refractivity contribution >= 4 is 16.5 Å². The van der Waals surface area contributed by atoms with E-state index < -0.39 is 0 Å². The van der Waals surface area contributed by atoms with Crippen LogP contribution >= 0.6 is 11.3 Å². The van der Waals surface area contributed by atoms with Gasteiger partial charge in [-0.15, -0.1) is 10.2 Å². The Kier molecular flexibility index (Phi) is 8.81. The van der Waals surface area contributed by atoms with Gasteiger partial charge in [0.2, 0.25) is 10.3 Å². The lowest BCUT2D eigenvalue weighted by Crippen LogP contribution is -2.45. The molecule has 2 aliphatic rings. The highest BCUT2D eigenvalue weighted by Crippen LogP contribution is 2.25. The molecule has 0 radical (unpaired) electrons. The predicted molar refractivity (Wildman–Crippen MR) is 144 cm³/mol. The molecule has 5 rings (SSSR count). The Morgan fingerprint density at radius 1 is 0.771 bits per heavy atom. The Morgan fingerprint density at radius 2 is 1.54 bits per heavy atom. The molecule has 4 heterocycles. The summed E-state index contributed by atoms with van der Waals surface area (Å²) in [7, 11) is 0. The average molecular weight is 494 g/mol. The van der Waals surface area contributed by atoms with Crippen LogP contribution in [-0.2, 0) is 13.1 Å². The summed E-state index contributed by atoms with van der Waals surface area (Å²) in [5.74, 6) is 0. The first-order valence-electron chi connectivity index (χ1n) is 13.3. The van der Waals surface area contributed by atoms with Gasteiger partial charge in [-0.05, 0) is 63.1 Å². The number of nitrogens with one attached hydrogen (secondary N) is 1. The molecule has 8 heteroatoms. The summed E-state index contributed by atoms with van der Waals surface area (Å²) in [6.07, 6.45) is 8.87. The number of hydrogen-bond donors (Lipinski definition) is 1. The molecule has 35 heavy (non-hydrogen) atoms. The molecule has 1 N–H and O–H groups in total. The van der Waals surface area contributed by atoms with Gasteiger partial charge in [0.05, 0.1) is 0 Å². The summed E-state index contributed by atoms with van der Waals surface area (Å²) in [5.41, 5.74) is 2.63. The maximum absolute atomic E-state index is 4.54. The molecule has 0 amide bonds. The van der Waals surface area contributed by atoms with Crippen LogP contribution in [0, 0.1) is 0 Å². The zero-order valence-electron chi connectivity index (χ0n) is 20.8. The van der Waals surface area contributed by atoms with Crippen LogP contribution in [0.25, 0.3) is 5.13 Å². The van der Waals surface area contributed by atoms with Crippen molar-refractivity contribution in [1.29, 1.82) is 0 Å². The van der Waals surface area contributed by atoms with E-state index in [1.165, 1.54) is 63.0 Å². The van der Waals surface area contributed by atoms with E-state index in [-0.39, 0.29) is 0 Å². The van der Waals surface area contributed by atoms with E-state index in [1.54, 1.807) is 11.3 Å². The minimum Gasteiger partial charge on any atom is -0.344 e. The van der Waals surface area contributed by atoms with Crippen LogP contribution in [0.5, 0.6) is 0 Å². The summed E-state index contributed by atoms with van der Waals surface area (Å²) in [6.45, 7) is 10.8. The van der Waals surface area contributed by atoms with E-state index >= 15 is 0 Å². The SMILES string of the molecule is c1ccc(CN2CCN(c3nnc(-n4cccc4CNCCCN4CCCCCC4)s3)CC2)cc1. The minimum atomic E-state index is 0.861. The molecule has 2 saturated heterocycles. The second-order valence-corrected chi connectivity index (χ2v) is 10.7. The van der Waals surface area contributed by atoms with Crippen LogP contribution in [0.15, 0.2) is 48.7 Å². The fourth-order valence-corrected chi connectivity index (χ4v) is 6.04. The fourth-order valence-electron chi connectivity index (χ4n) is 5.12. The molecule has 7 nitrogen and oxygen atoms in total. The van der Waals surface area contributed by atoms with E-state index in [0.717, 1.165) is 56.1 Å². The van der Waals surface area contributed by atoms with E-state index in [9.17, 15) is 0 Å². The third-order valence-corrected chi connectivity index (χ3v) is 8.15. The number of rotatable bonds is 10. The van der Waals surface area contributed by atoms with Gasteiger partial charge >= 0.3 is 0 Å². The van der Waals surface area contributed by atoms with Gasteiger partial charge in [-0.2, -0.15) is 0 Å². The number of likely N-dealkylation sites (tertiary alicyclic amines) is 1. The monoisotopic (exact) mass is 493 g/mol. The second kappa shape index (κ2) is 12.6. The van der Waals surface area contributed by atoms with Crippen LogP contribution in [0.2, 0.25) is 0 Å². The molecule has 0 unspecified atom stereocenters. The smallest absolute Gasteiger partial charge is 0.218 e. The number of piperazine rings is 1. The van der Waals surface area contributed by atoms with Crippen LogP contribution in [0.3, 0.4) is 0 Å². The first kappa shape index (κ1) is 24.4. The lowest BCUT2D eigenvalue weighted by molar-refractivity contribution is 0.249. The maximum Gasteiger partial charge on any atom is 0.218 e. The third kappa shape index (κ3) is 6.91. The average Bonchev–Trinajstić information content (AvgIpc) is 3.49. The predicted octanol–water partition coefficient (Wildman–Crippen LogP) is 4.01. The molecule has 0 aliphatic carbocycles. The zero-order valence-corrected chi connectivity index (χ0v) is 21.6. The summed E-state index contributed by atoms with van der Waals surface area (Å²) >= 11 is 1.69. The highest BCUT2D eigenvalue weighted by atomic mass is 32.1. The van der Waals surface area contributed by atoms with E-state index in [1.807, 2.05) is 0 Å². The Hall–Kier alpha value is -2.26. The van der Waals surface area contributed by atoms with Gasteiger partial charge in [0.1, 0.15) is 0 Å².